The van der Waals surface area contributed by atoms with Gasteiger partial charge in [0.1, 0.15) is 5.75 Å². The van der Waals surface area contributed by atoms with Crippen LogP contribution in [-0.2, 0) is 9.53 Å². The SMILES string of the molecule is CNC(=O)C1(C)CN(C(=O)c2c[nH]c3ccc(OC)cc23)CCO1. The highest BCUT2D eigenvalue weighted by Crippen LogP contribution is 2.26. The number of rotatable bonds is 3. The summed E-state index contributed by atoms with van der Waals surface area (Å²) in [5.74, 6) is 0.321. The van der Waals surface area contributed by atoms with Crippen LogP contribution < -0.4 is 10.1 Å². The van der Waals surface area contributed by atoms with Gasteiger partial charge in [-0.25, -0.2) is 0 Å². The molecule has 2 heterocycles. The molecule has 24 heavy (non-hydrogen) atoms. The molecular formula is C17H21N3O4. The lowest BCUT2D eigenvalue weighted by Gasteiger charge is -2.38. The fourth-order valence-corrected chi connectivity index (χ4v) is 3.02. The molecule has 1 aliphatic rings. The van der Waals surface area contributed by atoms with Gasteiger partial charge in [0.25, 0.3) is 11.8 Å². The Morgan fingerprint density at radius 3 is 2.92 bits per heavy atom. The maximum atomic E-state index is 13.0. The van der Waals surface area contributed by atoms with E-state index in [1.807, 2.05) is 18.2 Å². The molecule has 2 aromatic rings. The van der Waals surface area contributed by atoms with Crippen molar-refractivity contribution in [1.82, 2.24) is 15.2 Å². The number of carbonyl (C=O) groups excluding carboxylic acids is 2. The van der Waals surface area contributed by atoms with Gasteiger partial charge in [0, 0.05) is 30.7 Å². The number of aromatic amines is 1. The Bertz CT molecular complexity index is 785. The fraction of sp³-hybridized carbons (Fsp3) is 0.412. The zero-order valence-corrected chi connectivity index (χ0v) is 14.0. The number of nitrogens with one attached hydrogen (secondary N) is 2. The van der Waals surface area contributed by atoms with Gasteiger partial charge in [0.2, 0.25) is 0 Å². The first-order chi connectivity index (χ1) is 11.5. The van der Waals surface area contributed by atoms with E-state index in [1.54, 1.807) is 32.2 Å². The molecule has 0 aliphatic carbocycles. The van der Waals surface area contributed by atoms with E-state index in [1.165, 1.54) is 0 Å². The van der Waals surface area contributed by atoms with Crippen molar-refractivity contribution in [3.05, 3.63) is 30.0 Å². The van der Waals surface area contributed by atoms with Gasteiger partial charge in [-0.05, 0) is 25.1 Å². The van der Waals surface area contributed by atoms with E-state index < -0.39 is 5.60 Å². The van der Waals surface area contributed by atoms with Crippen molar-refractivity contribution in [2.75, 3.05) is 33.9 Å². The van der Waals surface area contributed by atoms with Gasteiger partial charge in [-0.15, -0.1) is 0 Å². The molecule has 0 bridgehead atoms. The highest BCUT2D eigenvalue weighted by molar-refractivity contribution is 6.07. The summed E-state index contributed by atoms with van der Waals surface area (Å²) in [5.41, 5.74) is 0.387. The van der Waals surface area contributed by atoms with Gasteiger partial charge in [-0.2, -0.15) is 0 Å². The summed E-state index contributed by atoms with van der Waals surface area (Å²) in [4.78, 5) is 29.7. The standard InChI is InChI=1S/C17H21N3O4/c1-17(16(22)18-2)10-20(6-7-24-17)15(21)13-9-19-14-5-4-11(23-3)8-12(13)14/h4-5,8-9,19H,6-7,10H2,1-3H3,(H,18,22). The Morgan fingerprint density at radius 2 is 2.21 bits per heavy atom. The fourth-order valence-electron chi connectivity index (χ4n) is 3.02. The number of methoxy groups -OCH3 is 1. The third-order valence-electron chi connectivity index (χ3n) is 4.39. The number of benzene rings is 1. The van der Waals surface area contributed by atoms with Gasteiger partial charge in [0.05, 0.1) is 25.8 Å². The molecule has 1 saturated heterocycles. The summed E-state index contributed by atoms with van der Waals surface area (Å²) < 4.78 is 10.8. The van der Waals surface area contributed by atoms with E-state index in [9.17, 15) is 9.59 Å². The molecule has 2 amide bonds. The van der Waals surface area contributed by atoms with Crippen molar-refractivity contribution in [1.29, 1.82) is 0 Å². The summed E-state index contributed by atoms with van der Waals surface area (Å²) >= 11 is 0. The summed E-state index contributed by atoms with van der Waals surface area (Å²) in [6.45, 7) is 2.68. The highest BCUT2D eigenvalue weighted by atomic mass is 16.5. The average molecular weight is 331 g/mol. The first kappa shape index (κ1) is 16.3. The monoisotopic (exact) mass is 331 g/mol. The van der Waals surface area contributed by atoms with Crippen LogP contribution in [-0.4, -0.2) is 61.2 Å². The number of H-pyrrole nitrogens is 1. The summed E-state index contributed by atoms with van der Waals surface area (Å²) in [6, 6.07) is 5.54. The molecule has 7 heteroatoms. The lowest BCUT2D eigenvalue weighted by atomic mass is 10.0. The van der Waals surface area contributed by atoms with Gasteiger partial charge in [-0.3, -0.25) is 9.59 Å². The van der Waals surface area contributed by atoms with Crippen LogP contribution in [0.3, 0.4) is 0 Å². The molecule has 1 atom stereocenters. The van der Waals surface area contributed by atoms with E-state index in [-0.39, 0.29) is 18.4 Å². The molecule has 1 fully saturated rings. The molecule has 0 spiro atoms. The van der Waals surface area contributed by atoms with Crippen LogP contribution in [0.1, 0.15) is 17.3 Å². The quantitative estimate of drug-likeness (QED) is 0.884. The second-order valence-electron chi connectivity index (χ2n) is 6.00. The van der Waals surface area contributed by atoms with Gasteiger partial charge in [0.15, 0.2) is 5.60 Å². The van der Waals surface area contributed by atoms with Crippen LogP contribution >= 0.6 is 0 Å². The van der Waals surface area contributed by atoms with Crippen molar-refractivity contribution in [3.63, 3.8) is 0 Å². The van der Waals surface area contributed by atoms with Crippen molar-refractivity contribution >= 4 is 22.7 Å². The van der Waals surface area contributed by atoms with Crippen LogP contribution in [0.2, 0.25) is 0 Å². The average Bonchev–Trinajstić information content (AvgIpc) is 3.03. The van der Waals surface area contributed by atoms with E-state index in [2.05, 4.69) is 10.3 Å². The second kappa shape index (κ2) is 6.16. The van der Waals surface area contributed by atoms with E-state index >= 15 is 0 Å². The van der Waals surface area contributed by atoms with Crippen molar-refractivity contribution in [2.24, 2.45) is 0 Å². The van der Waals surface area contributed by atoms with Crippen LogP contribution in [0.4, 0.5) is 0 Å². The van der Waals surface area contributed by atoms with E-state index in [4.69, 9.17) is 9.47 Å². The van der Waals surface area contributed by atoms with Crippen LogP contribution in [0, 0.1) is 0 Å². The first-order valence-electron chi connectivity index (χ1n) is 7.79. The molecule has 1 aromatic heterocycles. The molecule has 128 valence electrons. The van der Waals surface area contributed by atoms with Crippen LogP contribution in [0.5, 0.6) is 5.75 Å². The molecule has 1 aliphatic heterocycles. The zero-order valence-electron chi connectivity index (χ0n) is 14.0. The molecule has 0 radical (unpaired) electrons. The van der Waals surface area contributed by atoms with E-state index in [0.717, 1.165) is 10.9 Å². The predicted octanol–water partition coefficient (Wildman–Crippen LogP) is 1.15. The number of aromatic nitrogens is 1. The van der Waals surface area contributed by atoms with Gasteiger partial charge in [-0.1, -0.05) is 0 Å². The number of amides is 2. The lowest BCUT2D eigenvalue weighted by molar-refractivity contribution is -0.153. The Hall–Kier alpha value is -2.54. The molecule has 3 rings (SSSR count). The lowest BCUT2D eigenvalue weighted by Crippen LogP contribution is -2.58. The smallest absolute Gasteiger partial charge is 0.256 e. The first-order valence-corrected chi connectivity index (χ1v) is 7.79. The third-order valence-corrected chi connectivity index (χ3v) is 4.39. The number of hydrogen-bond donors (Lipinski definition) is 2. The number of ether oxygens (including phenoxy) is 2. The maximum Gasteiger partial charge on any atom is 0.256 e. The number of nitrogens with zero attached hydrogens (tertiary/aromatic N) is 1. The number of likely N-dealkylation sites (N-methyl/N-ethyl adjacent to an activating group) is 1. The maximum absolute atomic E-state index is 13.0. The van der Waals surface area contributed by atoms with Crippen molar-refractivity contribution in [3.8, 4) is 5.75 Å². The Labute approximate surface area is 139 Å². The topological polar surface area (TPSA) is 83.7 Å². The van der Waals surface area contributed by atoms with E-state index in [0.29, 0.717) is 24.5 Å². The Morgan fingerprint density at radius 1 is 1.42 bits per heavy atom. The highest BCUT2D eigenvalue weighted by Gasteiger charge is 2.40. The van der Waals surface area contributed by atoms with Crippen molar-refractivity contribution < 1.29 is 19.1 Å². The minimum atomic E-state index is -1.04. The number of carbonyl (C=O) groups is 2. The molecule has 1 aromatic carbocycles. The Kier molecular flexibility index (Phi) is 4.19. The van der Waals surface area contributed by atoms with Crippen molar-refractivity contribution in [2.45, 2.75) is 12.5 Å². The zero-order chi connectivity index (χ0) is 17.3. The molecular weight excluding hydrogens is 310 g/mol. The second-order valence-corrected chi connectivity index (χ2v) is 6.00. The van der Waals surface area contributed by atoms with Gasteiger partial charge < -0.3 is 24.7 Å². The summed E-state index contributed by atoms with van der Waals surface area (Å²) in [6.07, 6.45) is 1.69. The number of fused-ring (bicyclic) bond motifs is 1. The minimum Gasteiger partial charge on any atom is -0.497 e. The largest absolute Gasteiger partial charge is 0.497 e. The van der Waals surface area contributed by atoms with Crippen LogP contribution in [0.15, 0.2) is 24.4 Å². The van der Waals surface area contributed by atoms with Gasteiger partial charge >= 0.3 is 0 Å². The normalized spacial score (nSPS) is 20.9. The molecule has 0 saturated carbocycles. The third kappa shape index (κ3) is 2.71. The number of morpholine rings is 1. The molecule has 7 nitrogen and oxygen atoms in total. The number of hydrogen-bond acceptors (Lipinski definition) is 4. The predicted molar refractivity (Wildman–Crippen MR) is 89.2 cm³/mol. The Balaban J connectivity index is 1.90. The summed E-state index contributed by atoms with van der Waals surface area (Å²) in [7, 11) is 3.15. The minimum absolute atomic E-state index is 0.132. The molecule has 1 unspecified atom stereocenters. The summed E-state index contributed by atoms with van der Waals surface area (Å²) in [5, 5.41) is 3.39. The van der Waals surface area contributed by atoms with Crippen LogP contribution in [0.25, 0.3) is 10.9 Å². The molecule has 2 N–H and O–H groups in total.